The number of carboxylic acid groups (broad SMARTS) is 1. The van der Waals surface area contributed by atoms with Gasteiger partial charge in [0.1, 0.15) is 6.04 Å². The molecule has 1 atom stereocenters. The number of nitrogens with one attached hydrogen (secondary N) is 2. The molecule has 0 bridgehead atoms. The van der Waals surface area contributed by atoms with Crippen molar-refractivity contribution < 1.29 is 14.7 Å². The number of aliphatic imine (C=N–C) groups is 1. The van der Waals surface area contributed by atoms with Gasteiger partial charge >= 0.3 is 12.0 Å². The van der Waals surface area contributed by atoms with Crippen LogP contribution in [-0.4, -0.2) is 22.8 Å². The first-order valence-electron chi connectivity index (χ1n) is 9.46. The van der Waals surface area contributed by atoms with Crippen molar-refractivity contribution in [1.82, 2.24) is 5.32 Å². The fraction of sp³-hybridized carbons (Fsp3) is 0.261. The minimum absolute atomic E-state index is 0.0259. The Kier molecular flexibility index (Phi) is 5.82. The lowest BCUT2D eigenvalue weighted by atomic mass is 9.90. The largest absolute Gasteiger partial charge is 0.481 e. The second-order valence-electron chi connectivity index (χ2n) is 8.02. The predicted molar refractivity (Wildman–Crippen MR) is 114 cm³/mol. The molecule has 1 aliphatic heterocycles. The molecule has 0 spiro atoms. The quantitative estimate of drug-likeness (QED) is 0.698. The van der Waals surface area contributed by atoms with E-state index in [0.717, 1.165) is 16.8 Å². The molecular formula is C23H25N3O3. The lowest BCUT2D eigenvalue weighted by molar-refractivity contribution is -0.136. The molecule has 0 aromatic heterocycles. The fourth-order valence-electron chi connectivity index (χ4n) is 3.05. The molecule has 2 aromatic rings. The molecule has 1 heterocycles. The summed E-state index contributed by atoms with van der Waals surface area (Å²) in [4.78, 5) is 28.2. The first-order chi connectivity index (χ1) is 13.7. The van der Waals surface area contributed by atoms with Crippen molar-refractivity contribution in [2.24, 2.45) is 10.4 Å². The number of benzene rings is 2. The highest BCUT2D eigenvalue weighted by molar-refractivity contribution is 6.02. The van der Waals surface area contributed by atoms with Crippen LogP contribution in [0.1, 0.15) is 37.9 Å². The maximum atomic E-state index is 12.5. The van der Waals surface area contributed by atoms with E-state index in [-0.39, 0.29) is 23.9 Å². The summed E-state index contributed by atoms with van der Waals surface area (Å²) in [6.07, 6.45) is 1.89. The number of carbonyl (C=O) groups excluding carboxylic acids is 1. The molecule has 0 fully saturated rings. The van der Waals surface area contributed by atoms with Gasteiger partial charge in [-0.1, -0.05) is 63.2 Å². The Bertz CT molecular complexity index is 955. The van der Waals surface area contributed by atoms with E-state index in [2.05, 4.69) is 31.4 Å². The Hall–Kier alpha value is -3.41. The molecule has 6 nitrogen and oxygen atoms in total. The summed E-state index contributed by atoms with van der Waals surface area (Å²) < 4.78 is 0. The third-order valence-corrected chi connectivity index (χ3v) is 4.56. The number of hydrogen-bond donors (Lipinski definition) is 3. The second-order valence-corrected chi connectivity index (χ2v) is 8.02. The first-order valence-corrected chi connectivity index (χ1v) is 9.46. The van der Waals surface area contributed by atoms with Gasteiger partial charge in [0.15, 0.2) is 0 Å². The van der Waals surface area contributed by atoms with E-state index in [1.165, 1.54) is 0 Å². The highest BCUT2D eigenvalue weighted by Gasteiger charge is 2.29. The normalized spacial score (nSPS) is 16.0. The van der Waals surface area contributed by atoms with Crippen molar-refractivity contribution in [3.63, 3.8) is 0 Å². The number of carbonyl (C=O) groups is 2. The molecule has 29 heavy (non-hydrogen) atoms. The van der Waals surface area contributed by atoms with E-state index in [1.54, 1.807) is 12.1 Å². The molecule has 3 N–H and O–H groups in total. The van der Waals surface area contributed by atoms with E-state index in [9.17, 15) is 9.59 Å². The number of amides is 2. The summed E-state index contributed by atoms with van der Waals surface area (Å²) in [6.45, 7) is 6.22. The molecule has 0 aliphatic carbocycles. The van der Waals surface area contributed by atoms with Crippen molar-refractivity contribution in [1.29, 1.82) is 0 Å². The average molecular weight is 391 g/mol. The van der Waals surface area contributed by atoms with Crippen LogP contribution in [-0.2, 0) is 11.2 Å². The van der Waals surface area contributed by atoms with Crippen LogP contribution in [0.2, 0.25) is 0 Å². The zero-order valence-corrected chi connectivity index (χ0v) is 16.8. The number of aliphatic carboxylic acids is 1. The minimum Gasteiger partial charge on any atom is -0.481 e. The zero-order chi connectivity index (χ0) is 21.0. The van der Waals surface area contributed by atoms with Gasteiger partial charge in [-0.15, -0.1) is 0 Å². The van der Waals surface area contributed by atoms with Crippen molar-refractivity contribution in [2.75, 3.05) is 5.32 Å². The average Bonchev–Trinajstić information content (AvgIpc) is 3.07. The fourth-order valence-corrected chi connectivity index (χ4v) is 3.05. The summed E-state index contributed by atoms with van der Waals surface area (Å²) in [7, 11) is 0. The molecule has 2 amide bonds. The maximum Gasteiger partial charge on any atom is 0.323 e. The van der Waals surface area contributed by atoms with Crippen molar-refractivity contribution in [3.05, 3.63) is 77.5 Å². The van der Waals surface area contributed by atoms with Gasteiger partial charge in [-0.3, -0.25) is 9.79 Å². The molecule has 1 unspecified atom stereocenters. The standard InChI is InChI=1S/C23H25N3O3/c1-23(2,3)19-14-18(25-22(29)24-17-7-5-4-6-8-17)21(26-19)16-11-9-15(10-12-16)13-20(27)28/h4-12,14,21H,13H2,1-3H3,(H,27,28)(H2,24,25,29). The highest BCUT2D eigenvalue weighted by Crippen LogP contribution is 2.34. The first kappa shape index (κ1) is 20.3. The monoisotopic (exact) mass is 391 g/mol. The van der Waals surface area contributed by atoms with E-state index in [0.29, 0.717) is 11.4 Å². The lowest BCUT2D eigenvalue weighted by Gasteiger charge is -2.17. The molecule has 2 aromatic carbocycles. The van der Waals surface area contributed by atoms with Crippen LogP contribution in [0.4, 0.5) is 10.5 Å². The number of rotatable bonds is 5. The van der Waals surface area contributed by atoms with E-state index >= 15 is 0 Å². The summed E-state index contributed by atoms with van der Waals surface area (Å²) >= 11 is 0. The number of allylic oxidation sites excluding steroid dienone is 1. The van der Waals surface area contributed by atoms with E-state index < -0.39 is 5.97 Å². The molecule has 0 saturated heterocycles. The van der Waals surface area contributed by atoms with Gasteiger partial charge in [-0.05, 0) is 29.3 Å². The minimum atomic E-state index is -0.869. The topological polar surface area (TPSA) is 90.8 Å². The number of para-hydroxylation sites is 1. The van der Waals surface area contributed by atoms with Crippen LogP contribution >= 0.6 is 0 Å². The highest BCUT2D eigenvalue weighted by atomic mass is 16.4. The number of anilines is 1. The van der Waals surface area contributed by atoms with Crippen molar-refractivity contribution in [3.8, 4) is 0 Å². The molecule has 3 rings (SSSR count). The zero-order valence-electron chi connectivity index (χ0n) is 16.8. The summed E-state index contributed by atoms with van der Waals surface area (Å²) in [6, 6.07) is 15.9. The molecule has 0 saturated carbocycles. The predicted octanol–water partition coefficient (Wildman–Crippen LogP) is 4.56. The van der Waals surface area contributed by atoms with Gasteiger partial charge in [-0.2, -0.15) is 0 Å². The Morgan fingerprint density at radius 1 is 1.00 bits per heavy atom. The van der Waals surface area contributed by atoms with Crippen LogP contribution in [0, 0.1) is 5.41 Å². The lowest BCUT2D eigenvalue weighted by Crippen LogP contribution is -2.29. The maximum absolute atomic E-state index is 12.5. The van der Waals surface area contributed by atoms with Crippen LogP contribution in [0.25, 0.3) is 0 Å². The number of hydrogen-bond acceptors (Lipinski definition) is 3. The third kappa shape index (κ3) is 5.31. The SMILES string of the molecule is CC(C)(C)C1=NC(c2ccc(CC(=O)O)cc2)C(NC(=O)Nc2ccccc2)=C1. The summed E-state index contributed by atoms with van der Waals surface area (Å²) in [5, 5.41) is 14.7. The van der Waals surface area contributed by atoms with Crippen LogP contribution in [0.3, 0.4) is 0 Å². The number of nitrogens with zero attached hydrogens (tertiary/aromatic N) is 1. The Morgan fingerprint density at radius 2 is 1.66 bits per heavy atom. The number of carboxylic acids is 1. The van der Waals surface area contributed by atoms with Gasteiger partial charge in [0.05, 0.1) is 12.1 Å². The summed E-state index contributed by atoms with van der Waals surface area (Å²) in [5.41, 5.74) is 3.74. The Morgan fingerprint density at radius 3 is 2.24 bits per heavy atom. The smallest absolute Gasteiger partial charge is 0.323 e. The van der Waals surface area contributed by atoms with Gasteiger partial charge in [0.25, 0.3) is 0 Å². The van der Waals surface area contributed by atoms with Gasteiger partial charge < -0.3 is 15.7 Å². The van der Waals surface area contributed by atoms with Gasteiger partial charge in [0, 0.05) is 16.8 Å². The molecule has 1 aliphatic rings. The Balaban J connectivity index is 1.81. The van der Waals surface area contributed by atoms with Crippen molar-refractivity contribution in [2.45, 2.75) is 33.2 Å². The van der Waals surface area contributed by atoms with Crippen LogP contribution in [0.5, 0.6) is 0 Å². The van der Waals surface area contributed by atoms with Crippen molar-refractivity contribution >= 4 is 23.4 Å². The van der Waals surface area contributed by atoms with Crippen LogP contribution in [0.15, 0.2) is 71.4 Å². The molecule has 6 heteroatoms. The molecular weight excluding hydrogens is 366 g/mol. The van der Waals surface area contributed by atoms with Gasteiger partial charge in [0.2, 0.25) is 0 Å². The van der Waals surface area contributed by atoms with E-state index in [4.69, 9.17) is 10.1 Å². The van der Waals surface area contributed by atoms with Crippen LogP contribution < -0.4 is 10.6 Å². The van der Waals surface area contributed by atoms with Gasteiger partial charge in [-0.25, -0.2) is 4.79 Å². The number of urea groups is 1. The third-order valence-electron chi connectivity index (χ3n) is 4.56. The summed E-state index contributed by atoms with van der Waals surface area (Å²) in [5.74, 6) is -0.869. The molecule has 150 valence electrons. The molecule has 0 radical (unpaired) electrons. The second kappa shape index (κ2) is 8.31. The Labute approximate surface area is 170 Å². The van der Waals surface area contributed by atoms with E-state index in [1.807, 2.05) is 48.5 Å².